The minimum absolute atomic E-state index is 0.251. The highest BCUT2D eigenvalue weighted by Crippen LogP contribution is 2.29. The minimum Gasteiger partial charge on any atom is -0.507 e. The number of rotatable bonds is 4. The van der Waals surface area contributed by atoms with Crippen molar-refractivity contribution in [1.29, 1.82) is 0 Å². The Kier molecular flexibility index (Phi) is 4.48. The molecule has 1 aromatic rings. The molecule has 3 heteroatoms. The second-order valence-corrected chi connectivity index (χ2v) is 5.94. The lowest BCUT2D eigenvalue weighted by atomic mass is 10.0. The van der Waals surface area contributed by atoms with E-state index in [0.29, 0.717) is 11.8 Å². The Hall–Kier alpha value is -1.06. The molecule has 1 aliphatic heterocycles. The smallest absolute Gasteiger partial charge is 0.122 e. The summed E-state index contributed by atoms with van der Waals surface area (Å²) in [6, 6.07) is 4.52. The van der Waals surface area contributed by atoms with Crippen LogP contribution in [0.2, 0.25) is 0 Å². The Bertz CT molecular complexity index is 443. The molecule has 0 radical (unpaired) electrons. The third kappa shape index (κ3) is 3.48. The van der Waals surface area contributed by atoms with Crippen LogP contribution in [0, 0.1) is 13.8 Å². The van der Waals surface area contributed by atoms with Gasteiger partial charge in [-0.25, -0.2) is 0 Å². The van der Waals surface area contributed by atoms with E-state index < -0.39 is 0 Å². The van der Waals surface area contributed by atoms with Gasteiger partial charge in [0.15, 0.2) is 0 Å². The Labute approximate surface area is 115 Å². The molecule has 0 spiro atoms. The van der Waals surface area contributed by atoms with Gasteiger partial charge in [-0.15, -0.1) is 0 Å². The molecule has 1 fully saturated rings. The van der Waals surface area contributed by atoms with Crippen molar-refractivity contribution in [3.8, 4) is 5.75 Å². The van der Waals surface area contributed by atoms with Crippen molar-refractivity contribution in [1.82, 2.24) is 4.90 Å². The van der Waals surface area contributed by atoms with Gasteiger partial charge >= 0.3 is 0 Å². The predicted molar refractivity (Wildman–Crippen MR) is 77.3 cm³/mol. The Morgan fingerprint density at radius 1 is 1.37 bits per heavy atom. The summed E-state index contributed by atoms with van der Waals surface area (Å²) >= 11 is 0. The number of benzene rings is 1. The number of hydrogen-bond donors (Lipinski definition) is 2. The molecule has 106 valence electrons. The van der Waals surface area contributed by atoms with Crippen molar-refractivity contribution in [3.63, 3.8) is 0 Å². The van der Waals surface area contributed by atoms with Gasteiger partial charge in [0, 0.05) is 18.2 Å². The molecular formula is C16H25NO2. The van der Waals surface area contributed by atoms with Crippen molar-refractivity contribution >= 4 is 0 Å². The molecule has 1 aliphatic rings. The fourth-order valence-electron chi connectivity index (χ4n) is 3.15. The second-order valence-electron chi connectivity index (χ2n) is 5.94. The fourth-order valence-corrected chi connectivity index (χ4v) is 3.15. The highest BCUT2D eigenvalue weighted by molar-refractivity contribution is 5.42. The molecule has 1 heterocycles. The lowest BCUT2D eigenvalue weighted by molar-refractivity contribution is 0.130. The first-order valence-corrected chi connectivity index (χ1v) is 7.18. The van der Waals surface area contributed by atoms with E-state index in [1.807, 2.05) is 19.9 Å². The highest BCUT2D eigenvalue weighted by Gasteiger charge is 2.26. The number of phenolic OH excluding ortho intramolecular Hbond substituents is 1. The standard InChI is InChI=1S/C16H25NO2/c1-11-7-12(2)16(19)14(8-11)10-17-6-4-5-15(17)9-13(3)18/h7-8,13,15,18-19H,4-6,9-10H2,1-3H3. The van der Waals surface area contributed by atoms with E-state index in [1.165, 1.54) is 12.0 Å². The summed E-state index contributed by atoms with van der Waals surface area (Å²) < 4.78 is 0. The van der Waals surface area contributed by atoms with Crippen LogP contribution in [0.3, 0.4) is 0 Å². The SMILES string of the molecule is Cc1cc(C)c(O)c(CN2CCCC2CC(C)O)c1. The van der Waals surface area contributed by atoms with E-state index in [0.717, 1.165) is 37.1 Å². The molecule has 0 bridgehead atoms. The van der Waals surface area contributed by atoms with Gasteiger partial charge in [-0.3, -0.25) is 4.90 Å². The van der Waals surface area contributed by atoms with E-state index in [2.05, 4.69) is 17.9 Å². The molecule has 0 aliphatic carbocycles. The first-order chi connectivity index (χ1) is 8.97. The summed E-state index contributed by atoms with van der Waals surface area (Å²) in [5, 5.41) is 19.7. The zero-order valence-electron chi connectivity index (χ0n) is 12.2. The molecule has 2 rings (SSSR count). The van der Waals surface area contributed by atoms with E-state index in [1.54, 1.807) is 0 Å². The van der Waals surface area contributed by atoms with Crippen molar-refractivity contribution in [3.05, 3.63) is 28.8 Å². The molecule has 0 saturated carbocycles. The summed E-state index contributed by atoms with van der Waals surface area (Å²) in [6.45, 7) is 7.70. The van der Waals surface area contributed by atoms with Gasteiger partial charge in [0.2, 0.25) is 0 Å². The van der Waals surface area contributed by atoms with E-state index in [-0.39, 0.29) is 6.10 Å². The monoisotopic (exact) mass is 263 g/mol. The van der Waals surface area contributed by atoms with Gasteiger partial charge < -0.3 is 10.2 Å². The number of nitrogens with zero attached hydrogens (tertiary/aromatic N) is 1. The van der Waals surface area contributed by atoms with Crippen LogP contribution in [0.1, 0.15) is 42.9 Å². The first kappa shape index (κ1) is 14.4. The molecule has 1 saturated heterocycles. The first-order valence-electron chi connectivity index (χ1n) is 7.18. The maximum Gasteiger partial charge on any atom is 0.122 e. The van der Waals surface area contributed by atoms with Crippen LogP contribution >= 0.6 is 0 Å². The van der Waals surface area contributed by atoms with Crippen molar-refractivity contribution in [2.24, 2.45) is 0 Å². The van der Waals surface area contributed by atoms with Crippen LogP contribution in [0.5, 0.6) is 5.75 Å². The predicted octanol–water partition coefficient (Wildman–Crippen LogP) is 2.74. The van der Waals surface area contributed by atoms with Gasteiger partial charge in [-0.05, 0) is 52.1 Å². The number of aromatic hydroxyl groups is 1. The second kappa shape index (κ2) is 5.93. The molecular weight excluding hydrogens is 238 g/mol. The van der Waals surface area contributed by atoms with Crippen LogP contribution in [-0.2, 0) is 6.54 Å². The van der Waals surface area contributed by atoms with Crippen molar-refractivity contribution in [2.75, 3.05) is 6.54 Å². The number of hydrogen-bond acceptors (Lipinski definition) is 3. The largest absolute Gasteiger partial charge is 0.507 e. The van der Waals surface area contributed by atoms with Gasteiger partial charge in [-0.2, -0.15) is 0 Å². The number of aliphatic hydroxyl groups is 1. The molecule has 2 unspecified atom stereocenters. The lowest BCUT2D eigenvalue weighted by Gasteiger charge is -2.26. The molecule has 2 N–H and O–H groups in total. The van der Waals surface area contributed by atoms with E-state index >= 15 is 0 Å². The number of likely N-dealkylation sites (tertiary alicyclic amines) is 1. The van der Waals surface area contributed by atoms with Crippen LogP contribution in [0.4, 0.5) is 0 Å². The number of aliphatic hydroxyl groups excluding tert-OH is 1. The topological polar surface area (TPSA) is 43.7 Å². The van der Waals surface area contributed by atoms with Crippen molar-refractivity contribution < 1.29 is 10.2 Å². The quantitative estimate of drug-likeness (QED) is 0.878. The average Bonchev–Trinajstić information content (AvgIpc) is 2.72. The van der Waals surface area contributed by atoms with E-state index in [4.69, 9.17) is 0 Å². The Morgan fingerprint density at radius 3 is 2.79 bits per heavy atom. The van der Waals surface area contributed by atoms with Gasteiger partial charge in [0.1, 0.15) is 5.75 Å². The summed E-state index contributed by atoms with van der Waals surface area (Å²) in [7, 11) is 0. The summed E-state index contributed by atoms with van der Waals surface area (Å²) in [6.07, 6.45) is 2.91. The summed E-state index contributed by atoms with van der Waals surface area (Å²) in [4.78, 5) is 2.39. The highest BCUT2D eigenvalue weighted by atomic mass is 16.3. The third-order valence-electron chi connectivity index (χ3n) is 4.01. The normalized spacial score (nSPS) is 21.8. The summed E-state index contributed by atoms with van der Waals surface area (Å²) in [5.74, 6) is 0.424. The minimum atomic E-state index is -0.251. The zero-order chi connectivity index (χ0) is 14.0. The Morgan fingerprint density at radius 2 is 2.11 bits per heavy atom. The maximum absolute atomic E-state index is 10.2. The van der Waals surface area contributed by atoms with Gasteiger partial charge in [0.25, 0.3) is 0 Å². The van der Waals surface area contributed by atoms with Crippen LogP contribution in [-0.4, -0.2) is 33.8 Å². The third-order valence-corrected chi connectivity index (χ3v) is 4.01. The number of phenols is 1. The van der Waals surface area contributed by atoms with Gasteiger partial charge in [-0.1, -0.05) is 17.7 Å². The lowest BCUT2D eigenvalue weighted by Crippen LogP contribution is -2.31. The summed E-state index contributed by atoms with van der Waals surface area (Å²) in [5.41, 5.74) is 3.15. The molecule has 19 heavy (non-hydrogen) atoms. The maximum atomic E-state index is 10.2. The zero-order valence-corrected chi connectivity index (χ0v) is 12.2. The van der Waals surface area contributed by atoms with Gasteiger partial charge in [0.05, 0.1) is 6.10 Å². The molecule has 3 nitrogen and oxygen atoms in total. The molecule has 1 aromatic carbocycles. The molecule has 2 atom stereocenters. The van der Waals surface area contributed by atoms with Crippen LogP contribution in [0.25, 0.3) is 0 Å². The number of aryl methyl sites for hydroxylation is 2. The Balaban J connectivity index is 2.12. The van der Waals surface area contributed by atoms with E-state index in [9.17, 15) is 10.2 Å². The van der Waals surface area contributed by atoms with Crippen LogP contribution < -0.4 is 0 Å². The van der Waals surface area contributed by atoms with Crippen LogP contribution in [0.15, 0.2) is 12.1 Å². The molecule has 0 amide bonds. The average molecular weight is 263 g/mol. The molecule has 0 aromatic heterocycles. The van der Waals surface area contributed by atoms with Crippen molar-refractivity contribution in [2.45, 2.75) is 58.7 Å². The fraction of sp³-hybridized carbons (Fsp3) is 0.625.